The normalized spacial score (nSPS) is 30.1. The lowest BCUT2D eigenvalue weighted by molar-refractivity contribution is -0.146. The first kappa shape index (κ1) is 13.8. The van der Waals surface area contributed by atoms with E-state index in [9.17, 15) is 9.90 Å². The maximum atomic E-state index is 11.7. The minimum Gasteiger partial charge on any atom is -0.480 e. The van der Waals surface area contributed by atoms with E-state index in [-0.39, 0.29) is 5.25 Å². The summed E-state index contributed by atoms with van der Waals surface area (Å²) in [5.41, 5.74) is -0.744. The second kappa shape index (κ2) is 5.69. The van der Waals surface area contributed by atoms with Crippen molar-refractivity contribution in [3.05, 3.63) is 18.5 Å². The predicted molar refractivity (Wildman–Crippen MR) is 76.7 cm³/mol. The minimum atomic E-state index is -0.744. The topological polar surface area (TPSA) is 75.1 Å². The molecule has 2 N–H and O–H groups in total. The van der Waals surface area contributed by atoms with Crippen molar-refractivity contribution in [2.45, 2.75) is 60.5 Å². The zero-order valence-corrected chi connectivity index (χ0v) is 12.1. The van der Waals surface area contributed by atoms with Gasteiger partial charge in [-0.2, -0.15) is 0 Å². The van der Waals surface area contributed by atoms with Crippen LogP contribution in [0.3, 0.4) is 0 Å². The molecule has 20 heavy (non-hydrogen) atoms. The van der Waals surface area contributed by atoms with E-state index >= 15 is 0 Å². The van der Waals surface area contributed by atoms with E-state index in [2.05, 4.69) is 15.3 Å². The Morgan fingerprint density at radius 1 is 1.35 bits per heavy atom. The van der Waals surface area contributed by atoms with Crippen molar-refractivity contribution < 1.29 is 9.90 Å². The maximum Gasteiger partial charge on any atom is 0.323 e. The second-order valence-electron chi connectivity index (χ2n) is 5.67. The van der Waals surface area contributed by atoms with Gasteiger partial charge in [-0.15, -0.1) is 0 Å². The van der Waals surface area contributed by atoms with Gasteiger partial charge < -0.3 is 5.11 Å². The first-order valence-electron chi connectivity index (χ1n) is 7.13. The largest absolute Gasteiger partial charge is 0.480 e. The number of hydrogen-bond acceptors (Lipinski definition) is 5. The smallest absolute Gasteiger partial charge is 0.323 e. The zero-order chi connectivity index (χ0) is 14.0. The minimum absolute atomic E-state index is 0.272. The molecule has 0 radical (unpaired) electrons. The third kappa shape index (κ3) is 3.12. The third-order valence-corrected chi connectivity index (χ3v) is 5.14. The van der Waals surface area contributed by atoms with Crippen molar-refractivity contribution in [3.63, 3.8) is 0 Å². The average Bonchev–Trinajstić information content (AvgIpc) is 3.24. The lowest BCUT2D eigenvalue weighted by atomic mass is 9.81. The van der Waals surface area contributed by atoms with Crippen LogP contribution in [0.4, 0.5) is 0 Å². The summed E-state index contributed by atoms with van der Waals surface area (Å²) in [4.78, 5) is 20.2. The summed E-state index contributed by atoms with van der Waals surface area (Å²) in [6, 6.07) is 2.20. The lowest BCUT2D eigenvalue weighted by Crippen LogP contribution is -2.56. The number of aromatic nitrogens is 2. The van der Waals surface area contributed by atoms with Crippen molar-refractivity contribution in [3.8, 4) is 0 Å². The lowest BCUT2D eigenvalue weighted by Gasteiger charge is -2.38. The van der Waals surface area contributed by atoms with Gasteiger partial charge in [-0.1, -0.05) is 11.8 Å². The number of nitrogens with zero attached hydrogens (tertiary/aromatic N) is 2. The highest BCUT2D eigenvalue weighted by molar-refractivity contribution is 7.99. The molecule has 2 atom stereocenters. The molecule has 0 saturated heterocycles. The zero-order valence-electron chi connectivity index (χ0n) is 11.3. The molecule has 0 amide bonds. The van der Waals surface area contributed by atoms with Gasteiger partial charge in [-0.25, -0.2) is 9.97 Å². The number of hydrogen-bond donors (Lipinski definition) is 2. The Bertz CT molecular complexity index is 481. The SMILES string of the molecule is O=C(O)C1(NC2CC2)CCCC(Sc2ncccn2)C1. The van der Waals surface area contributed by atoms with Gasteiger partial charge in [0.05, 0.1) is 0 Å². The van der Waals surface area contributed by atoms with Crippen molar-refractivity contribution in [1.29, 1.82) is 0 Å². The molecule has 2 aliphatic rings. The molecule has 0 spiro atoms. The summed E-state index contributed by atoms with van der Waals surface area (Å²) >= 11 is 1.61. The van der Waals surface area contributed by atoms with Crippen LogP contribution in [0.15, 0.2) is 23.6 Å². The van der Waals surface area contributed by atoms with Gasteiger partial charge in [0.15, 0.2) is 5.16 Å². The Hall–Kier alpha value is -1.14. The molecule has 108 valence electrons. The number of rotatable bonds is 5. The molecule has 2 saturated carbocycles. The van der Waals surface area contributed by atoms with Crippen LogP contribution < -0.4 is 5.32 Å². The van der Waals surface area contributed by atoms with E-state index in [1.165, 1.54) is 0 Å². The summed E-state index contributed by atoms with van der Waals surface area (Å²) in [6.45, 7) is 0. The van der Waals surface area contributed by atoms with Gasteiger partial charge in [0.1, 0.15) is 5.54 Å². The van der Waals surface area contributed by atoms with E-state index in [0.717, 1.165) is 37.3 Å². The highest BCUT2D eigenvalue weighted by atomic mass is 32.2. The van der Waals surface area contributed by atoms with Gasteiger partial charge in [0, 0.05) is 23.7 Å². The number of carboxylic acids is 1. The summed E-state index contributed by atoms with van der Waals surface area (Å²) in [5, 5.41) is 14.0. The van der Waals surface area contributed by atoms with E-state index < -0.39 is 11.5 Å². The van der Waals surface area contributed by atoms with Crippen LogP contribution in [0.25, 0.3) is 0 Å². The molecule has 0 aliphatic heterocycles. The van der Waals surface area contributed by atoms with Crippen LogP contribution >= 0.6 is 11.8 Å². The highest BCUT2D eigenvalue weighted by Gasteiger charge is 2.46. The fourth-order valence-corrected chi connectivity index (χ4v) is 4.02. The molecular weight excluding hydrogens is 274 g/mol. The summed E-state index contributed by atoms with van der Waals surface area (Å²) in [7, 11) is 0. The van der Waals surface area contributed by atoms with Crippen LogP contribution in [-0.2, 0) is 4.79 Å². The van der Waals surface area contributed by atoms with Gasteiger partial charge in [-0.05, 0) is 44.6 Å². The van der Waals surface area contributed by atoms with Crippen LogP contribution in [0.5, 0.6) is 0 Å². The standard InChI is InChI=1S/C14H19N3O2S/c18-12(19)14(17-10-4-5-10)6-1-3-11(9-14)20-13-15-7-2-8-16-13/h2,7-8,10-11,17H,1,3-6,9H2,(H,18,19). The van der Waals surface area contributed by atoms with E-state index in [4.69, 9.17) is 0 Å². The van der Waals surface area contributed by atoms with E-state index in [1.807, 2.05) is 0 Å². The Labute approximate surface area is 122 Å². The predicted octanol–water partition coefficient (Wildman–Crippen LogP) is 2.09. The van der Waals surface area contributed by atoms with Crippen LogP contribution in [0.1, 0.15) is 38.5 Å². The number of carbonyl (C=O) groups is 1. The van der Waals surface area contributed by atoms with Crippen molar-refractivity contribution in [1.82, 2.24) is 15.3 Å². The van der Waals surface area contributed by atoms with Crippen molar-refractivity contribution in [2.75, 3.05) is 0 Å². The molecule has 0 aromatic carbocycles. The molecule has 0 bridgehead atoms. The molecule has 1 aromatic heterocycles. The van der Waals surface area contributed by atoms with Crippen LogP contribution in [0, 0.1) is 0 Å². The summed E-state index contributed by atoms with van der Waals surface area (Å²) in [5.74, 6) is -0.705. The fraction of sp³-hybridized carbons (Fsp3) is 0.643. The molecular formula is C14H19N3O2S. The number of carboxylic acid groups (broad SMARTS) is 1. The van der Waals surface area contributed by atoms with Gasteiger partial charge in [0.2, 0.25) is 0 Å². The quantitative estimate of drug-likeness (QED) is 0.810. The summed E-state index contributed by atoms with van der Waals surface area (Å²) < 4.78 is 0. The van der Waals surface area contributed by atoms with Gasteiger partial charge in [-0.3, -0.25) is 10.1 Å². The Kier molecular flexibility index (Phi) is 3.94. The first-order valence-corrected chi connectivity index (χ1v) is 8.01. The van der Waals surface area contributed by atoms with Crippen molar-refractivity contribution in [2.24, 2.45) is 0 Å². The Morgan fingerprint density at radius 2 is 2.10 bits per heavy atom. The first-order chi connectivity index (χ1) is 9.68. The van der Waals surface area contributed by atoms with Crippen LogP contribution in [0.2, 0.25) is 0 Å². The van der Waals surface area contributed by atoms with Crippen molar-refractivity contribution >= 4 is 17.7 Å². The molecule has 6 heteroatoms. The third-order valence-electron chi connectivity index (χ3n) is 3.99. The Morgan fingerprint density at radius 3 is 2.75 bits per heavy atom. The second-order valence-corrected chi connectivity index (χ2v) is 6.94. The summed E-state index contributed by atoms with van der Waals surface area (Å²) in [6.07, 6.45) is 9.02. The van der Waals surface area contributed by atoms with Gasteiger partial charge in [0.25, 0.3) is 0 Å². The molecule has 2 aliphatic carbocycles. The molecule has 2 unspecified atom stereocenters. The van der Waals surface area contributed by atoms with E-state index in [1.54, 1.807) is 30.2 Å². The number of aliphatic carboxylic acids is 1. The fourth-order valence-electron chi connectivity index (χ4n) is 2.83. The molecule has 5 nitrogen and oxygen atoms in total. The monoisotopic (exact) mass is 293 g/mol. The average molecular weight is 293 g/mol. The number of nitrogens with one attached hydrogen (secondary N) is 1. The number of thioether (sulfide) groups is 1. The van der Waals surface area contributed by atoms with Gasteiger partial charge >= 0.3 is 5.97 Å². The molecule has 2 fully saturated rings. The van der Waals surface area contributed by atoms with E-state index in [0.29, 0.717) is 12.5 Å². The van der Waals surface area contributed by atoms with Crippen LogP contribution in [-0.4, -0.2) is 37.9 Å². The molecule has 3 rings (SSSR count). The molecule has 1 heterocycles. The highest BCUT2D eigenvalue weighted by Crippen LogP contribution is 2.39. The maximum absolute atomic E-state index is 11.7. The Balaban J connectivity index is 1.69. The molecule has 1 aromatic rings.